The van der Waals surface area contributed by atoms with E-state index >= 15 is 0 Å². The van der Waals surface area contributed by atoms with Gasteiger partial charge in [0.1, 0.15) is 0 Å². The smallest absolute Gasteiger partial charge is 0.335 e. The van der Waals surface area contributed by atoms with Gasteiger partial charge in [-0.05, 0) is 11.6 Å². The number of esters is 1. The Kier molecular flexibility index (Phi) is 2.45. The van der Waals surface area contributed by atoms with Crippen LogP contribution >= 0.6 is 0 Å². The fourth-order valence-corrected chi connectivity index (χ4v) is 0.995. The first-order valence-electron chi connectivity index (χ1n) is 3.57. The topological polar surface area (TPSA) is 52.3 Å². The molecule has 0 aromatic heterocycles. The third kappa shape index (κ3) is 1.46. The lowest BCUT2D eigenvalue weighted by Crippen LogP contribution is -2.30. The first-order valence-corrected chi connectivity index (χ1v) is 3.57. The molecule has 1 rings (SSSR count). The van der Waals surface area contributed by atoms with Gasteiger partial charge in [-0.2, -0.15) is 0 Å². The molecule has 0 aromatic rings. The summed E-state index contributed by atoms with van der Waals surface area (Å²) in [6.07, 6.45) is 5.15. The number of ether oxygens (including phenoxy) is 1. The molecule has 3 heteroatoms. The van der Waals surface area contributed by atoms with Crippen molar-refractivity contribution in [2.24, 2.45) is 5.73 Å². The van der Waals surface area contributed by atoms with Crippen LogP contribution in [0.1, 0.15) is 0 Å². The molecule has 0 aromatic carbocycles. The maximum atomic E-state index is 11.1. The van der Waals surface area contributed by atoms with E-state index < -0.39 is 12.0 Å². The number of carbonyl (C=O) groups excluding carboxylic acids is 1. The molecule has 1 aliphatic carbocycles. The van der Waals surface area contributed by atoms with Crippen molar-refractivity contribution >= 4 is 5.97 Å². The summed E-state index contributed by atoms with van der Waals surface area (Å²) in [5.74, 6) is -0.395. The predicted octanol–water partition coefficient (Wildman–Crippen LogP) is 0.539. The highest BCUT2D eigenvalue weighted by molar-refractivity contribution is 5.91. The summed E-state index contributed by atoms with van der Waals surface area (Å²) in [7, 11) is 1.33. The Morgan fingerprint density at radius 3 is 3.00 bits per heavy atom. The summed E-state index contributed by atoms with van der Waals surface area (Å²) < 4.78 is 4.55. The van der Waals surface area contributed by atoms with Crippen LogP contribution in [0.4, 0.5) is 0 Å². The molecular weight excluding hydrogens is 154 g/mol. The van der Waals surface area contributed by atoms with Crippen molar-refractivity contribution in [2.75, 3.05) is 7.11 Å². The summed E-state index contributed by atoms with van der Waals surface area (Å²) in [4.78, 5) is 11.1. The summed E-state index contributed by atoms with van der Waals surface area (Å²) in [5.41, 5.74) is 6.85. The fourth-order valence-electron chi connectivity index (χ4n) is 0.995. The van der Waals surface area contributed by atoms with Crippen LogP contribution in [0.3, 0.4) is 0 Å². The van der Waals surface area contributed by atoms with Gasteiger partial charge in [-0.3, -0.25) is 0 Å². The van der Waals surface area contributed by atoms with Crippen LogP contribution in [-0.4, -0.2) is 19.1 Å². The molecule has 64 valence electrons. The Morgan fingerprint density at radius 2 is 2.42 bits per heavy atom. The van der Waals surface area contributed by atoms with Gasteiger partial charge in [-0.25, -0.2) is 4.79 Å². The van der Waals surface area contributed by atoms with E-state index in [0.29, 0.717) is 5.57 Å². The Balaban J connectivity index is 2.90. The Bertz CT molecular complexity index is 276. The minimum absolute atomic E-state index is 0.395. The number of hydrogen-bond acceptors (Lipinski definition) is 3. The lowest BCUT2D eigenvalue weighted by molar-refractivity contribution is -0.136. The van der Waals surface area contributed by atoms with Gasteiger partial charge in [-0.15, -0.1) is 0 Å². The maximum absolute atomic E-state index is 11.1. The number of rotatable bonds is 1. The molecule has 1 atom stereocenters. The third-order valence-corrected chi connectivity index (χ3v) is 1.74. The minimum Gasteiger partial charge on any atom is -0.466 e. The zero-order valence-corrected chi connectivity index (χ0v) is 6.91. The average Bonchev–Trinajstić information content (AvgIpc) is 2.08. The van der Waals surface area contributed by atoms with Crippen LogP contribution < -0.4 is 5.73 Å². The summed E-state index contributed by atoms with van der Waals surface area (Å²) in [6, 6.07) is -0.428. The van der Waals surface area contributed by atoms with Crippen LogP contribution in [-0.2, 0) is 9.53 Å². The molecule has 0 heterocycles. The van der Waals surface area contributed by atoms with E-state index in [0.717, 1.165) is 5.57 Å². The second kappa shape index (κ2) is 3.36. The first-order chi connectivity index (χ1) is 5.66. The Hall–Kier alpha value is -1.35. The van der Waals surface area contributed by atoms with Crippen molar-refractivity contribution in [1.29, 1.82) is 0 Å². The van der Waals surface area contributed by atoms with Crippen molar-refractivity contribution in [2.45, 2.75) is 6.04 Å². The van der Waals surface area contributed by atoms with E-state index in [2.05, 4.69) is 11.3 Å². The fraction of sp³-hybridized carbons (Fsp3) is 0.222. The quantitative estimate of drug-likeness (QED) is 0.577. The molecule has 1 unspecified atom stereocenters. The number of nitrogens with two attached hydrogens (primary N) is 1. The second-order valence-electron chi connectivity index (χ2n) is 2.53. The third-order valence-electron chi connectivity index (χ3n) is 1.74. The van der Waals surface area contributed by atoms with Crippen LogP contribution in [0.2, 0.25) is 0 Å². The van der Waals surface area contributed by atoms with E-state index in [-0.39, 0.29) is 0 Å². The molecule has 1 aliphatic rings. The highest BCUT2D eigenvalue weighted by Gasteiger charge is 2.20. The minimum atomic E-state index is -0.428. The number of hydrogen-bond donors (Lipinski definition) is 1. The van der Waals surface area contributed by atoms with Gasteiger partial charge in [0.25, 0.3) is 0 Å². The normalized spacial score (nSPS) is 22.0. The molecule has 0 fully saturated rings. The molecule has 0 saturated carbocycles. The lowest BCUT2D eigenvalue weighted by atomic mass is 9.96. The van der Waals surface area contributed by atoms with Crippen LogP contribution in [0.15, 0.2) is 36.0 Å². The summed E-state index contributed by atoms with van der Waals surface area (Å²) in [5, 5.41) is 0. The van der Waals surface area contributed by atoms with E-state index in [9.17, 15) is 4.79 Å². The molecule has 0 saturated heterocycles. The largest absolute Gasteiger partial charge is 0.466 e. The molecule has 0 radical (unpaired) electrons. The van der Waals surface area contributed by atoms with Crippen molar-refractivity contribution in [3.8, 4) is 0 Å². The first kappa shape index (κ1) is 8.74. The highest BCUT2D eigenvalue weighted by Crippen LogP contribution is 2.15. The number of carbonyl (C=O) groups is 1. The van der Waals surface area contributed by atoms with Crippen LogP contribution in [0.25, 0.3) is 0 Å². The molecule has 0 bridgehead atoms. The second-order valence-corrected chi connectivity index (χ2v) is 2.53. The summed E-state index contributed by atoms with van der Waals surface area (Å²) in [6.45, 7) is 3.70. The molecule has 0 amide bonds. The van der Waals surface area contributed by atoms with Crippen molar-refractivity contribution in [1.82, 2.24) is 0 Å². The van der Waals surface area contributed by atoms with E-state index in [1.54, 1.807) is 18.2 Å². The Morgan fingerprint density at radius 1 is 1.75 bits per heavy atom. The number of allylic oxidation sites excluding steroid dienone is 2. The van der Waals surface area contributed by atoms with Gasteiger partial charge in [0.15, 0.2) is 0 Å². The van der Waals surface area contributed by atoms with E-state index in [1.165, 1.54) is 7.11 Å². The lowest BCUT2D eigenvalue weighted by Gasteiger charge is -2.16. The molecule has 0 aliphatic heterocycles. The summed E-state index contributed by atoms with van der Waals surface area (Å²) >= 11 is 0. The van der Waals surface area contributed by atoms with E-state index in [1.807, 2.05) is 0 Å². The van der Waals surface area contributed by atoms with Gasteiger partial charge in [0, 0.05) is 0 Å². The maximum Gasteiger partial charge on any atom is 0.335 e. The Labute approximate surface area is 71.2 Å². The van der Waals surface area contributed by atoms with Gasteiger partial charge >= 0.3 is 5.97 Å². The SMILES string of the molecule is C=C1C=CC=C(C(=O)OC)C1N. The van der Waals surface area contributed by atoms with Crippen LogP contribution in [0.5, 0.6) is 0 Å². The molecular formula is C9H11NO2. The predicted molar refractivity (Wildman–Crippen MR) is 46.4 cm³/mol. The molecule has 12 heavy (non-hydrogen) atoms. The molecule has 0 spiro atoms. The number of methoxy groups -OCH3 is 1. The van der Waals surface area contributed by atoms with Gasteiger partial charge in [0.05, 0.1) is 18.7 Å². The van der Waals surface area contributed by atoms with Gasteiger partial charge < -0.3 is 10.5 Å². The van der Waals surface area contributed by atoms with Crippen molar-refractivity contribution < 1.29 is 9.53 Å². The standard InChI is InChI=1S/C9H11NO2/c1-6-4-3-5-7(8(6)10)9(11)12-2/h3-5,8H,1,10H2,2H3. The highest BCUT2D eigenvalue weighted by atomic mass is 16.5. The van der Waals surface area contributed by atoms with E-state index in [4.69, 9.17) is 5.73 Å². The zero-order valence-electron chi connectivity index (χ0n) is 6.91. The molecule has 2 N–H and O–H groups in total. The zero-order chi connectivity index (χ0) is 9.14. The van der Waals surface area contributed by atoms with Gasteiger partial charge in [-0.1, -0.05) is 18.7 Å². The van der Waals surface area contributed by atoms with Crippen LogP contribution in [0, 0.1) is 0 Å². The van der Waals surface area contributed by atoms with Crippen molar-refractivity contribution in [3.05, 3.63) is 36.0 Å². The van der Waals surface area contributed by atoms with Crippen molar-refractivity contribution in [3.63, 3.8) is 0 Å². The monoisotopic (exact) mass is 165 g/mol. The molecule has 3 nitrogen and oxygen atoms in total. The average molecular weight is 165 g/mol. The van der Waals surface area contributed by atoms with Gasteiger partial charge in [0.2, 0.25) is 0 Å².